The fourth-order valence-corrected chi connectivity index (χ4v) is 5.95. The van der Waals surface area contributed by atoms with Crippen molar-refractivity contribution >= 4 is 23.9 Å². The number of carboxylic acid groups (broad SMARTS) is 4. The van der Waals surface area contributed by atoms with E-state index in [-0.39, 0.29) is 23.7 Å². The Hall–Kier alpha value is -3.16. The third-order valence-electron chi connectivity index (χ3n) is 10.1. The summed E-state index contributed by atoms with van der Waals surface area (Å²) in [7, 11) is 0. The lowest BCUT2D eigenvalue weighted by Gasteiger charge is -2.24. The molecule has 44 heavy (non-hydrogen) atoms. The van der Waals surface area contributed by atoms with Gasteiger partial charge in [-0.1, -0.05) is 55.4 Å². The number of allylic oxidation sites excluding steroid dienone is 4. The first-order valence-corrected chi connectivity index (χ1v) is 16.0. The van der Waals surface area contributed by atoms with E-state index >= 15 is 0 Å². The van der Waals surface area contributed by atoms with Crippen LogP contribution in [0.5, 0.6) is 0 Å². The molecule has 4 atom stereocenters. The van der Waals surface area contributed by atoms with Gasteiger partial charge in [-0.15, -0.1) is 0 Å². The second-order valence-corrected chi connectivity index (χ2v) is 12.6. The Morgan fingerprint density at radius 2 is 0.682 bits per heavy atom. The zero-order valence-corrected chi connectivity index (χ0v) is 28.8. The Morgan fingerprint density at radius 1 is 0.432 bits per heavy atom. The normalized spacial score (nSPS) is 16.9. The van der Waals surface area contributed by atoms with Crippen LogP contribution in [-0.2, 0) is 19.2 Å². The highest BCUT2D eigenvalue weighted by Gasteiger charge is 2.22. The predicted octanol–water partition coefficient (Wildman–Crippen LogP) is 9.08. The third-order valence-corrected chi connectivity index (χ3v) is 10.1. The Kier molecular flexibility index (Phi) is 18.5. The van der Waals surface area contributed by atoms with E-state index < -0.39 is 23.9 Å². The Bertz CT molecular complexity index is 1150. The molecule has 8 heteroatoms. The molecule has 0 aromatic heterocycles. The molecule has 4 N–H and O–H groups in total. The van der Waals surface area contributed by atoms with Crippen LogP contribution in [0.15, 0.2) is 44.6 Å². The molecule has 4 unspecified atom stereocenters. The minimum atomic E-state index is -0.932. The van der Waals surface area contributed by atoms with Crippen LogP contribution in [0.3, 0.4) is 0 Å². The molecule has 0 rings (SSSR count). The number of carboxylic acids is 4. The monoisotopic (exact) mass is 618 g/mol. The van der Waals surface area contributed by atoms with Crippen molar-refractivity contribution < 1.29 is 39.6 Å². The van der Waals surface area contributed by atoms with Gasteiger partial charge in [0.15, 0.2) is 0 Å². The summed E-state index contributed by atoms with van der Waals surface area (Å²) in [4.78, 5) is 46.4. The topological polar surface area (TPSA) is 149 Å². The van der Waals surface area contributed by atoms with E-state index in [4.69, 9.17) is 0 Å². The van der Waals surface area contributed by atoms with Crippen molar-refractivity contribution in [2.24, 2.45) is 23.7 Å². The molecule has 250 valence electrons. The summed E-state index contributed by atoms with van der Waals surface area (Å²) < 4.78 is 0. The van der Waals surface area contributed by atoms with E-state index in [1.54, 1.807) is 27.7 Å². The molecule has 0 aliphatic carbocycles. The second kappa shape index (κ2) is 20.0. The smallest absolute Gasteiger partial charge is 0.331 e. The van der Waals surface area contributed by atoms with Crippen LogP contribution in [0.1, 0.15) is 133 Å². The summed E-state index contributed by atoms with van der Waals surface area (Å²) in [6.07, 6.45) is 8.12. The molecule has 0 saturated carbocycles. The van der Waals surface area contributed by atoms with Crippen molar-refractivity contribution in [2.45, 2.75) is 133 Å². The zero-order valence-electron chi connectivity index (χ0n) is 28.8. The van der Waals surface area contributed by atoms with Gasteiger partial charge in [0, 0.05) is 22.3 Å². The zero-order chi connectivity index (χ0) is 34.3. The Morgan fingerprint density at radius 3 is 0.977 bits per heavy atom. The molecule has 0 aromatic rings. The SMILES string of the molecule is CCC(CCCC(CCCC(CCCC(C)C(C)=C(C)C(=O)O)C(C)=C(C)C(=O)O)C(C)=C(C)C(=O)O)C(C)=C(C)C(=O)O. The van der Waals surface area contributed by atoms with Gasteiger partial charge in [0.05, 0.1) is 0 Å². The van der Waals surface area contributed by atoms with E-state index in [9.17, 15) is 39.6 Å². The average molecular weight is 619 g/mol. The molecule has 0 aliphatic heterocycles. The van der Waals surface area contributed by atoms with E-state index in [0.29, 0.717) is 22.3 Å². The van der Waals surface area contributed by atoms with Crippen molar-refractivity contribution in [1.82, 2.24) is 0 Å². The van der Waals surface area contributed by atoms with Crippen molar-refractivity contribution in [3.63, 3.8) is 0 Å². The van der Waals surface area contributed by atoms with Gasteiger partial charge >= 0.3 is 23.9 Å². The van der Waals surface area contributed by atoms with Crippen LogP contribution in [-0.4, -0.2) is 44.3 Å². The largest absolute Gasteiger partial charge is 0.478 e. The second-order valence-electron chi connectivity index (χ2n) is 12.6. The van der Waals surface area contributed by atoms with Crippen molar-refractivity contribution in [2.75, 3.05) is 0 Å². The molecular formula is C36H58O8. The highest BCUT2D eigenvalue weighted by Crippen LogP contribution is 2.33. The molecule has 0 fully saturated rings. The van der Waals surface area contributed by atoms with Gasteiger partial charge in [-0.25, -0.2) is 19.2 Å². The number of rotatable bonds is 21. The summed E-state index contributed by atoms with van der Waals surface area (Å²) >= 11 is 0. The average Bonchev–Trinajstić information content (AvgIpc) is 2.97. The maximum Gasteiger partial charge on any atom is 0.331 e. The number of carbonyl (C=O) groups is 4. The van der Waals surface area contributed by atoms with Gasteiger partial charge in [0.1, 0.15) is 0 Å². The van der Waals surface area contributed by atoms with Crippen LogP contribution >= 0.6 is 0 Å². The first kappa shape index (κ1) is 40.8. The molecule has 0 amide bonds. The molecule has 8 nitrogen and oxygen atoms in total. The van der Waals surface area contributed by atoms with E-state index in [1.165, 1.54) is 0 Å². The number of hydrogen-bond acceptors (Lipinski definition) is 4. The lowest BCUT2D eigenvalue weighted by atomic mass is 9.81. The summed E-state index contributed by atoms with van der Waals surface area (Å²) in [5.74, 6) is -3.28. The van der Waals surface area contributed by atoms with Crippen LogP contribution in [0.2, 0.25) is 0 Å². The fourth-order valence-electron chi connectivity index (χ4n) is 5.95. The summed E-state index contributed by atoms with van der Waals surface area (Å²) in [5.41, 5.74) is 4.91. The minimum absolute atomic E-state index is 0.0601. The fraction of sp³-hybridized carbons (Fsp3) is 0.667. The molecule has 0 aliphatic rings. The molecular weight excluding hydrogens is 560 g/mol. The van der Waals surface area contributed by atoms with E-state index in [1.807, 2.05) is 34.6 Å². The maximum atomic E-state index is 11.8. The first-order valence-electron chi connectivity index (χ1n) is 16.0. The third kappa shape index (κ3) is 13.2. The highest BCUT2D eigenvalue weighted by molar-refractivity contribution is 5.88. The van der Waals surface area contributed by atoms with Crippen LogP contribution in [0.25, 0.3) is 0 Å². The lowest BCUT2D eigenvalue weighted by molar-refractivity contribution is -0.133. The van der Waals surface area contributed by atoms with Gasteiger partial charge in [0.2, 0.25) is 0 Å². The van der Waals surface area contributed by atoms with E-state index in [0.717, 1.165) is 86.5 Å². The standard InChI is InChI=1S/C36H58O8/c1-11-30(23(4)27(8)34(39)40)16-13-18-32(25(6)29(10)36(43)44)20-14-19-31(24(5)28(9)35(41)42)17-12-15-21(2)22(3)26(7)33(37)38/h21,30-32H,11-20H2,1-10H3,(H,37,38)(H,39,40)(H,41,42)(H,43,44). The molecule has 0 spiro atoms. The summed E-state index contributed by atoms with van der Waals surface area (Å²) in [6.45, 7) is 18.1. The molecule has 0 aromatic carbocycles. The van der Waals surface area contributed by atoms with Gasteiger partial charge in [-0.3, -0.25) is 0 Å². The van der Waals surface area contributed by atoms with Crippen LogP contribution < -0.4 is 0 Å². The van der Waals surface area contributed by atoms with Crippen LogP contribution in [0.4, 0.5) is 0 Å². The summed E-state index contributed by atoms with van der Waals surface area (Å²) in [5, 5.41) is 38.1. The minimum Gasteiger partial charge on any atom is -0.478 e. The first-order chi connectivity index (χ1) is 20.4. The van der Waals surface area contributed by atoms with Crippen molar-refractivity contribution in [3.8, 4) is 0 Å². The highest BCUT2D eigenvalue weighted by atomic mass is 16.4. The van der Waals surface area contributed by atoms with Crippen molar-refractivity contribution in [3.05, 3.63) is 44.6 Å². The molecule has 0 saturated heterocycles. The van der Waals surface area contributed by atoms with Gasteiger partial charge in [0.25, 0.3) is 0 Å². The maximum absolute atomic E-state index is 11.8. The summed E-state index contributed by atoms with van der Waals surface area (Å²) in [6, 6.07) is 0. The predicted molar refractivity (Wildman–Crippen MR) is 176 cm³/mol. The molecule has 0 radical (unpaired) electrons. The number of hydrogen-bond donors (Lipinski definition) is 4. The lowest BCUT2D eigenvalue weighted by Crippen LogP contribution is -2.13. The Labute approximate surface area is 265 Å². The molecule has 0 bridgehead atoms. The number of aliphatic carboxylic acids is 4. The Balaban J connectivity index is 5.80. The quantitative estimate of drug-likeness (QED) is 0.0931. The van der Waals surface area contributed by atoms with Gasteiger partial charge in [-0.2, -0.15) is 0 Å². The molecule has 0 heterocycles. The van der Waals surface area contributed by atoms with Gasteiger partial charge < -0.3 is 20.4 Å². The van der Waals surface area contributed by atoms with Crippen LogP contribution in [0, 0.1) is 23.7 Å². The van der Waals surface area contributed by atoms with E-state index in [2.05, 4.69) is 6.92 Å². The van der Waals surface area contributed by atoms with Gasteiger partial charge in [-0.05, 0) is 124 Å². The van der Waals surface area contributed by atoms with Crippen molar-refractivity contribution in [1.29, 1.82) is 0 Å².